The van der Waals surface area contributed by atoms with Crippen LogP contribution >= 0.6 is 11.8 Å². The van der Waals surface area contributed by atoms with Crippen LogP contribution in [0.2, 0.25) is 0 Å². The van der Waals surface area contributed by atoms with E-state index in [9.17, 15) is 14.4 Å². The SMILES string of the molecule is CSc1ncc(C(=O)N2CCC[C@H](C(=O)N3CCOCC3)C2)c(=O)[nH]1. The molecule has 0 aliphatic carbocycles. The summed E-state index contributed by atoms with van der Waals surface area (Å²) in [5, 5.41) is 0.473. The van der Waals surface area contributed by atoms with E-state index in [1.165, 1.54) is 18.0 Å². The van der Waals surface area contributed by atoms with Gasteiger partial charge in [-0.15, -0.1) is 0 Å². The number of thioether (sulfide) groups is 1. The van der Waals surface area contributed by atoms with Crippen LogP contribution in [0.5, 0.6) is 0 Å². The third-order valence-corrected chi connectivity index (χ3v) is 5.17. The topological polar surface area (TPSA) is 95.6 Å². The van der Waals surface area contributed by atoms with E-state index in [1.807, 2.05) is 4.90 Å². The number of carbonyl (C=O) groups is 2. The second-order valence-corrected chi connectivity index (χ2v) is 6.96. The van der Waals surface area contributed by atoms with E-state index in [1.54, 1.807) is 11.2 Å². The van der Waals surface area contributed by atoms with Gasteiger partial charge in [-0.1, -0.05) is 11.8 Å². The lowest BCUT2D eigenvalue weighted by Crippen LogP contribution is -2.50. The van der Waals surface area contributed by atoms with Crippen molar-refractivity contribution in [3.8, 4) is 0 Å². The maximum absolute atomic E-state index is 12.7. The molecule has 1 atom stereocenters. The molecule has 3 heterocycles. The molecule has 9 heteroatoms. The number of piperidine rings is 1. The van der Waals surface area contributed by atoms with Crippen LogP contribution in [0.4, 0.5) is 0 Å². The Morgan fingerprint density at radius 3 is 2.72 bits per heavy atom. The van der Waals surface area contributed by atoms with Crippen LogP contribution in [-0.4, -0.2) is 77.2 Å². The zero-order valence-corrected chi connectivity index (χ0v) is 15.0. The van der Waals surface area contributed by atoms with E-state index in [0.29, 0.717) is 44.5 Å². The predicted octanol–water partition coefficient (Wildman–Crippen LogP) is 0.203. The molecule has 0 bridgehead atoms. The smallest absolute Gasteiger partial charge is 0.264 e. The second-order valence-electron chi connectivity index (χ2n) is 6.16. The molecule has 1 aromatic heterocycles. The summed E-state index contributed by atoms with van der Waals surface area (Å²) in [6.45, 7) is 3.22. The van der Waals surface area contributed by atoms with Gasteiger partial charge in [0.15, 0.2) is 5.16 Å². The van der Waals surface area contributed by atoms with Gasteiger partial charge >= 0.3 is 0 Å². The summed E-state index contributed by atoms with van der Waals surface area (Å²) in [7, 11) is 0. The summed E-state index contributed by atoms with van der Waals surface area (Å²) in [6, 6.07) is 0. The van der Waals surface area contributed by atoms with Gasteiger partial charge in [0.1, 0.15) is 5.56 Å². The zero-order valence-electron chi connectivity index (χ0n) is 14.2. The maximum Gasteiger partial charge on any atom is 0.264 e. The molecule has 25 heavy (non-hydrogen) atoms. The Morgan fingerprint density at radius 1 is 1.28 bits per heavy atom. The number of hydrogen-bond donors (Lipinski definition) is 1. The number of likely N-dealkylation sites (tertiary alicyclic amines) is 1. The fourth-order valence-corrected chi connectivity index (χ4v) is 3.56. The van der Waals surface area contributed by atoms with Gasteiger partial charge in [0.2, 0.25) is 5.91 Å². The number of ether oxygens (including phenoxy) is 1. The predicted molar refractivity (Wildman–Crippen MR) is 92.7 cm³/mol. The van der Waals surface area contributed by atoms with Gasteiger partial charge in [-0.2, -0.15) is 0 Å². The first-order valence-corrected chi connectivity index (χ1v) is 9.61. The fourth-order valence-electron chi connectivity index (χ4n) is 3.21. The molecule has 3 rings (SSSR count). The van der Waals surface area contributed by atoms with Crippen molar-refractivity contribution in [1.82, 2.24) is 19.8 Å². The third kappa shape index (κ3) is 4.04. The molecular formula is C16H22N4O4S. The van der Waals surface area contributed by atoms with Gasteiger partial charge in [-0.3, -0.25) is 14.4 Å². The van der Waals surface area contributed by atoms with Crippen molar-refractivity contribution in [2.24, 2.45) is 5.92 Å². The van der Waals surface area contributed by atoms with E-state index in [2.05, 4.69) is 9.97 Å². The van der Waals surface area contributed by atoms with E-state index in [4.69, 9.17) is 4.74 Å². The molecule has 0 radical (unpaired) electrons. The molecule has 136 valence electrons. The van der Waals surface area contributed by atoms with Crippen LogP contribution in [0.3, 0.4) is 0 Å². The van der Waals surface area contributed by atoms with Crippen molar-refractivity contribution in [1.29, 1.82) is 0 Å². The number of H-pyrrole nitrogens is 1. The molecule has 2 aliphatic rings. The summed E-state index contributed by atoms with van der Waals surface area (Å²) in [5.74, 6) is -0.500. The van der Waals surface area contributed by atoms with Crippen molar-refractivity contribution in [2.75, 3.05) is 45.6 Å². The minimum Gasteiger partial charge on any atom is -0.378 e. The molecule has 1 aromatic rings. The number of nitrogens with one attached hydrogen (secondary N) is 1. The molecule has 0 saturated carbocycles. The van der Waals surface area contributed by atoms with E-state index in [-0.39, 0.29) is 23.3 Å². The van der Waals surface area contributed by atoms with Gasteiger partial charge in [0.05, 0.1) is 19.1 Å². The number of aromatic nitrogens is 2. The fraction of sp³-hybridized carbons (Fsp3) is 0.625. The summed E-state index contributed by atoms with van der Waals surface area (Å²) in [6.07, 6.45) is 4.63. The minimum absolute atomic E-state index is 0.0253. The van der Waals surface area contributed by atoms with Crippen LogP contribution in [0.15, 0.2) is 16.1 Å². The minimum atomic E-state index is -0.439. The highest BCUT2D eigenvalue weighted by Gasteiger charge is 2.32. The first-order valence-electron chi connectivity index (χ1n) is 8.39. The molecular weight excluding hydrogens is 344 g/mol. The summed E-state index contributed by atoms with van der Waals surface area (Å²) < 4.78 is 5.28. The number of rotatable bonds is 3. The number of carbonyl (C=O) groups excluding carboxylic acids is 2. The van der Waals surface area contributed by atoms with Gasteiger partial charge in [0.25, 0.3) is 11.5 Å². The number of aromatic amines is 1. The molecule has 2 fully saturated rings. The first-order chi connectivity index (χ1) is 12.1. The Kier molecular flexibility index (Phi) is 5.74. The highest BCUT2D eigenvalue weighted by atomic mass is 32.2. The second kappa shape index (κ2) is 8.01. The molecule has 0 spiro atoms. The monoisotopic (exact) mass is 366 g/mol. The van der Waals surface area contributed by atoms with E-state index < -0.39 is 5.56 Å². The van der Waals surface area contributed by atoms with Crippen LogP contribution in [0, 0.1) is 5.92 Å². The summed E-state index contributed by atoms with van der Waals surface area (Å²) in [4.78, 5) is 47.5. The highest BCUT2D eigenvalue weighted by Crippen LogP contribution is 2.20. The first kappa shape index (κ1) is 17.9. The molecule has 0 aromatic carbocycles. The summed E-state index contributed by atoms with van der Waals surface area (Å²) in [5.41, 5.74) is -0.414. The molecule has 8 nitrogen and oxygen atoms in total. The third-order valence-electron chi connectivity index (χ3n) is 4.58. The Labute approximate surface area is 149 Å². The Balaban J connectivity index is 1.69. The van der Waals surface area contributed by atoms with Crippen LogP contribution in [0.25, 0.3) is 0 Å². The quantitative estimate of drug-likeness (QED) is 0.607. The van der Waals surface area contributed by atoms with E-state index in [0.717, 1.165) is 12.8 Å². The average molecular weight is 366 g/mol. The number of amides is 2. The van der Waals surface area contributed by atoms with Gasteiger partial charge in [-0.05, 0) is 19.1 Å². The van der Waals surface area contributed by atoms with Gasteiger partial charge in [-0.25, -0.2) is 4.98 Å². The van der Waals surface area contributed by atoms with Crippen molar-refractivity contribution in [3.05, 3.63) is 22.1 Å². The number of morpholine rings is 1. The zero-order chi connectivity index (χ0) is 17.8. The Bertz CT molecular complexity index is 702. The normalized spacial score (nSPS) is 21.2. The Hall–Kier alpha value is -1.87. The van der Waals surface area contributed by atoms with Gasteiger partial charge in [0, 0.05) is 32.4 Å². The maximum atomic E-state index is 12.7. The molecule has 2 aliphatic heterocycles. The van der Waals surface area contributed by atoms with Crippen LogP contribution < -0.4 is 5.56 Å². The molecule has 2 amide bonds. The lowest BCUT2D eigenvalue weighted by Gasteiger charge is -2.36. The lowest BCUT2D eigenvalue weighted by atomic mass is 9.96. The lowest BCUT2D eigenvalue weighted by molar-refractivity contribution is -0.141. The van der Waals surface area contributed by atoms with E-state index >= 15 is 0 Å². The summed E-state index contributed by atoms with van der Waals surface area (Å²) >= 11 is 1.31. The standard InChI is InChI=1S/C16H22N4O4S/c1-25-16-17-9-12(13(21)18-16)15(23)20-4-2-3-11(10-20)14(22)19-5-7-24-8-6-19/h9,11H,2-8,10H2,1H3,(H,17,18,21)/t11-/m0/s1. The average Bonchev–Trinajstić information content (AvgIpc) is 2.67. The van der Waals surface area contributed by atoms with Crippen LogP contribution in [0.1, 0.15) is 23.2 Å². The number of nitrogens with zero attached hydrogens (tertiary/aromatic N) is 3. The van der Waals surface area contributed by atoms with Crippen molar-refractivity contribution < 1.29 is 14.3 Å². The van der Waals surface area contributed by atoms with Gasteiger partial charge < -0.3 is 19.5 Å². The van der Waals surface area contributed by atoms with Crippen molar-refractivity contribution in [2.45, 2.75) is 18.0 Å². The Morgan fingerprint density at radius 2 is 2.04 bits per heavy atom. The van der Waals surface area contributed by atoms with Crippen molar-refractivity contribution >= 4 is 23.6 Å². The van der Waals surface area contributed by atoms with Crippen molar-refractivity contribution in [3.63, 3.8) is 0 Å². The highest BCUT2D eigenvalue weighted by molar-refractivity contribution is 7.98. The molecule has 1 N–H and O–H groups in total. The van der Waals surface area contributed by atoms with Crippen LogP contribution in [-0.2, 0) is 9.53 Å². The molecule has 2 saturated heterocycles. The molecule has 0 unspecified atom stereocenters. The number of hydrogen-bond acceptors (Lipinski definition) is 6. The largest absolute Gasteiger partial charge is 0.378 e.